The molecule has 0 aromatic heterocycles. The summed E-state index contributed by atoms with van der Waals surface area (Å²) in [7, 11) is 1.35. The van der Waals surface area contributed by atoms with E-state index >= 15 is 0 Å². The number of ether oxygens (including phenoxy) is 2. The summed E-state index contributed by atoms with van der Waals surface area (Å²) in [5.74, 6) is -2.39. The number of carboxylic acids is 1. The number of methoxy groups -OCH3 is 1. The van der Waals surface area contributed by atoms with Crippen molar-refractivity contribution in [2.75, 3.05) is 20.3 Å². The Kier molecular flexibility index (Phi) is 6.16. The summed E-state index contributed by atoms with van der Waals surface area (Å²) in [4.78, 5) is 37.0. The second kappa shape index (κ2) is 7.63. The average molecular weight is 299 g/mol. The van der Waals surface area contributed by atoms with E-state index < -0.39 is 29.3 Å². The topological polar surface area (TPSA) is 138 Å². The van der Waals surface area contributed by atoms with Gasteiger partial charge in [-0.25, -0.2) is 4.79 Å². The molecule has 1 fully saturated rings. The van der Waals surface area contributed by atoms with Crippen LogP contribution in [0.15, 0.2) is 0 Å². The molecule has 0 aromatic carbocycles. The van der Waals surface area contributed by atoms with Crippen LogP contribution in [0.4, 0.5) is 0 Å². The van der Waals surface area contributed by atoms with Gasteiger partial charge in [-0.3, -0.25) is 9.59 Å². The molecule has 0 bridgehead atoms. The molecular formula is C12H17N3O6. The van der Waals surface area contributed by atoms with Crippen LogP contribution in [0, 0.1) is 0 Å². The Balaban J connectivity index is 2.65. The van der Waals surface area contributed by atoms with Gasteiger partial charge in [-0.05, 0) is 6.42 Å². The van der Waals surface area contributed by atoms with Crippen molar-refractivity contribution >= 4 is 23.9 Å². The maximum absolute atomic E-state index is 12.2. The Morgan fingerprint density at radius 2 is 2.29 bits per heavy atom. The molecular weight excluding hydrogens is 282 g/mol. The largest absolute Gasteiger partial charge is 0.480 e. The van der Waals surface area contributed by atoms with Crippen molar-refractivity contribution in [2.24, 2.45) is 0 Å². The van der Waals surface area contributed by atoms with Gasteiger partial charge in [-0.1, -0.05) is 0 Å². The number of nitrogens with one attached hydrogen (secondary N) is 1. The molecule has 1 amide bonds. The average Bonchev–Trinajstić information content (AvgIpc) is 2.93. The first kappa shape index (κ1) is 17.0. The SMILES string of the molecule is COC1(C(=O)N[C@@H](CCC(=O)C=[N+]=[N-])C(=O)O)CCOC1. The fourth-order valence-corrected chi connectivity index (χ4v) is 1.94. The van der Waals surface area contributed by atoms with Crippen molar-refractivity contribution in [3.63, 3.8) is 0 Å². The zero-order chi connectivity index (χ0) is 15.9. The molecule has 2 N–H and O–H groups in total. The van der Waals surface area contributed by atoms with E-state index in [1.807, 2.05) is 0 Å². The summed E-state index contributed by atoms with van der Waals surface area (Å²) in [5.41, 5.74) is 7.01. The van der Waals surface area contributed by atoms with E-state index in [-0.39, 0.29) is 19.4 Å². The molecule has 1 heterocycles. The molecule has 9 heteroatoms. The monoisotopic (exact) mass is 299 g/mol. The normalized spacial score (nSPS) is 22.1. The molecule has 2 atom stereocenters. The summed E-state index contributed by atoms with van der Waals surface area (Å²) < 4.78 is 10.3. The Labute approximate surface area is 120 Å². The van der Waals surface area contributed by atoms with Crippen LogP contribution in [-0.2, 0) is 23.9 Å². The number of Topliss-reactive ketones (excluding diaryl/α,β-unsaturated/α-hetero) is 1. The number of rotatable bonds is 8. The molecule has 9 nitrogen and oxygen atoms in total. The Bertz CT molecular complexity index is 466. The van der Waals surface area contributed by atoms with E-state index in [0.717, 1.165) is 0 Å². The summed E-state index contributed by atoms with van der Waals surface area (Å²) >= 11 is 0. The van der Waals surface area contributed by atoms with Crippen LogP contribution in [0.5, 0.6) is 0 Å². The van der Waals surface area contributed by atoms with Crippen LogP contribution < -0.4 is 5.32 Å². The number of amides is 1. The number of hydrogen-bond donors (Lipinski definition) is 2. The van der Waals surface area contributed by atoms with Crippen molar-refractivity contribution < 1.29 is 33.8 Å². The lowest BCUT2D eigenvalue weighted by molar-refractivity contribution is -0.150. The van der Waals surface area contributed by atoms with Crippen molar-refractivity contribution in [2.45, 2.75) is 30.9 Å². The van der Waals surface area contributed by atoms with E-state index in [1.165, 1.54) is 7.11 Å². The van der Waals surface area contributed by atoms with E-state index in [1.54, 1.807) is 0 Å². The standard InChI is InChI=1S/C12H17N3O6/c1-20-12(4-5-21-7-12)11(19)15-9(10(17)18)3-2-8(16)6-14-13/h6,9H,2-5,7H2,1H3,(H,15,19)(H,17,18)/t9-,12?/m0/s1. The lowest BCUT2D eigenvalue weighted by Crippen LogP contribution is -2.53. The molecule has 1 unspecified atom stereocenters. The fourth-order valence-electron chi connectivity index (χ4n) is 1.94. The van der Waals surface area contributed by atoms with Gasteiger partial charge in [0.2, 0.25) is 5.78 Å². The second-order valence-corrected chi connectivity index (χ2v) is 4.61. The van der Waals surface area contributed by atoms with Gasteiger partial charge in [0.25, 0.3) is 5.91 Å². The van der Waals surface area contributed by atoms with Crippen LogP contribution in [-0.4, -0.2) is 65.7 Å². The number of ketones is 1. The fraction of sp³-hybridized carbons (Fsp3) is 0.667. The minimum atomic E-state index is -1.26. The minimum Gasteiger partial charge on any atom is -0.480 e. The Morgan fingerprint density at radius 1 is 1.57 bits per heavy atom. The van der Waals surface area contributed by atoms with Gasteiger partial charge in [0.05, 0.1) is 13.2 Å². The van der Waals surface area contributed by atoms with Gasteiger partial charge in [0.1, 0.15) is 6.04 Å². The van der Waals surface area contributed by atoms with Crippen molar-refractivity contribution in [1.29, 1.82) is 0 Å². The predicted octanol–water partition coefficient (Wildman–Crippen LogP) is -0.989. The molecule has 1 saturated heterocycles. The van der Waals surface area contributed by atoms with Gasteiger partial charge in [-0.2, -0.15) is 4.79 Å². The van der Waals surface area contributed by atoms with Crippen LogP contribution >= 0.6 is 0 Å². The molecule has 0 radical (unpaired) electrons. The van der Waals surface area contributed by atoms with Crippen LogP contribution in [0.1, 0.15) is 19.3 Å². The number of carboxylic acid groups (broad SMARTS) is 1. The first-order valence-corrected chi connectivity index (χ1v) is 6.32. The molecule has 21 heavy (non-hydrogen) atoms. The second-order valence-electron chi connectivity index (χ2n) is 4.61. The third-order valence-electron chi connectivity index (χ3n) is 3.27. The third kappa shape index (κ3) is 4.45. The summed E-state index contributed by atoms with van der Waals surface area (Å²) in [6.45, 7) is 0.405. The first-order chi connectivity index (χ1) is 9.95. The summed E-state index contributed by atoms with van der Waals surface area (Å²) in [6, 6.07) is -1.24. The number of hydrogen-bond acceptors (Lipinski definition) is 5. The molecule has 1 aliphatic rings. The Morgan fingerprint density at radius 3 is 2.76 bits per heavy atom. The van der Waals surface area contributed by atoms with Crippen molar-refractivity contribution in [1.82, 2.24) is 5.32 Å². The van der Waals surface area contributed by atoms with Crippen LogP contribution in [0.3, 0.4) is 0 Å². The first-order valence-electron chi connectivity index (χ1n) is 6.32. The number of carbonyl (C=O) groups is 3. The molecule has 116 valence electrons. The zero-order valence-electron chi connectivity index (χ0n) is 11.6. The zero-order valence-corrected chi connectivity index (χ0v) is 11.6. The summed E-state index contributed by atoms with van der Waals surface area (Å²) in [5, 5.41) is 11.4. The number of carbonyl (C=O) groups excluding carboxylic acids is 2. The maximum atomic E-state index is 12.2. The van der Waals surface area contributed by atoms with E-state index in [4.69, 9.17) is 20.1 Å². The summed E-state index contributed by atoms with van der Waals surface area (Å²) in [6.07, 6.45) is 0.727. The minimum absolute atomic E-state index is 0.0533. The number of aliphatic carboxylic acids is 1. The van der Waals surface area contributed by atoms with E-state index in [2.05, 4.69) is 10.1 Å². The quantitative estimate of drug-likeness (QED) is 0.335. The van der Waals surface area contributed by atoms with Gasteiger partial charge in [-0.15, -0.1) is 0 Å². The Hall–Kier alpha value is -2.09. The predicted molar refractivity (Wildman–Crippen MR) is 68.7 cm³/mol. The molecule has 0 aliphatic carbocycles. The van der Waals surface area contributed by atoms with E-state index in [9.17, 15) is 14.4 Å². The molecule has 1 rings (SSSR count). The van der Waals surface area contributed by atoms with Crippen LogP contribution in [0.25, 0.3) is 5.53 Å². The molecule has 0 saturated carbocycles. The highest BCUT2D eigenvalue weighted by Gasteiger charge is 2.43. The molecule has 0 spiro atoms. The van der Waals surface area contributed by atoms with Crippen molar-refractivity contribution in [3.8, 4) is 0 Å². The van der Waals surface area contributed by atoms with Crippen molar-refractivity contribution in [3.05, 3.63) is 5.53 Å². The maximum Gasteiger partial charge on any atom is 0.326 e. The van der Waals surface area contributed by atoms with E-state index in [0.29, 0.717) is 19.2 Å². The third-order valence-corrected chi connectivity index (χ3v) is 3.27. The van der Waals surface area contributed by atoms with Gasteiger partial charge >= 0.3 is 12.2 Å². The molecule has 1 aliphatic heterocycles. The smallest absolute Gasteiger partial charge is 0.326 e. The lowest BCUT2D eigenvalue weighted by atomic mass is 10.0. The van der Waals surface area contributed by atoms with Gasteiger partial charge in [0.15, 0.2) is 5.60 Å². The molecule has 0 aromatic rings. The highest BCUT2D eigenvalue weighted by molar-refractivity contribution is 6.25. The van der Waals surface area contributed by atoms with Gasteiger partial charge in [0, 0.05) is 20.0 Å². The highest BCUT2D eigenvalue weighted by Crippen LogP contribution is 2.23. The lowest BCUT2D eigenvalue weighted by Gasteiger charge is -2.26. The number of nitrogens with zero attached hydrogens (tertiary/aromatic N) is 2. The van der Waals surface area contributed by atoms with Crippen LogP contribution in [0.2, 0.25) is 0 Å². The van der Waals surface area contributed by atoms with Gasteiger partial charge < -0.3 is 25.4 Å². The highest BCUT2D eigenvalue weighted by atomic mass is 16.6.